The maximum Gasteiger partial charge on any atom is 0.338 e. The number of hydrogen-bond donors (Lipinski definition) is 0. The van der Waals surface area contributed by atoms with E-state index in [4.69, 9.17) is 4.74 Å². The van der Waals surface area contributed by atoms with Crippen molar-refractivity contribution in [3.63, 3.8) is 0 Å². The average Bonchev–Trinajstić information content (AvgIpc) is 2.33. The normalized spacial score (nSPS) is 11.4. The molecule has 0 unspecified atom stereocenters. The number of carbonyl (C=O) groups excluding carboxylic acids is 1. The zero-order chi connectivity index (χ0) is 12.7. The van der Waals surface area contributed by atoms with Gasteiger partial charge < -0.3 is 4.74 Å². The summed E-state index contributed by atoms with van der Waals surface area (Å²) in [5.74, 6) is -0.252. The van der Waals surface area contributed by atoms with E-state index in [-0.39, 0.29) is 5.97 Å². The molecule has 1 rings (SSSR count). The molecule has 2 heteroatoms. The van der Waals surface area contributed by atoms with Gasteiger partial charge in [0.15, 0.2) is 0 Å². The van der Waals surface area contributed by atoms with Crippen LogP contribution < -0.4 is 0 Å². The van der Waals surface area contributed by atoms with E-state index in [2.05, 4.69) is 19.1 Å². The molecular formula is C15H20O2. The van der Waals surface area contributed by atoms with Gasteiger partial charge in [-0.15, -0.1) is 0 Å². The molecule has 17 heavy (non-hydrogen) atoms. The van der Waals surface area contributed by atoms with E-state index in [9.17, 15) is 4.79 Å². The SMILES string of the molecule is CC=C(C(=O)OCC)c1ccc(CCC)cc1. The summed E-state index contributed by atoms with van der Waals surface area (Å²) >= 11 is 0. The summed E-state index contributed by atoms with van der Waals surface area (Å²) in [5, 5.41) is 0. The summed E-state index contributed by atoms with van der Waals surface area (Å²) in [4.78, 5) is 11.7. The molecule has 0 aromatic heterocycles. The molecule has 0 saturated heterocycles. The topological polar surface area (TPSA) is 26.3 Å². The predicted octanol–water partition coefficient (Wildman–Crippen LogP) is 3.61. The van der Waals surface area contributed by atoms with Crippen molar-refractivity contribution < 1.29 is 9.53 Å². The van der Waals surface area contributed by atoms with Crippen molar-refractivity contribution in [2.75, 3.05) is 6.61 Å². The lowest BCUT2D eigenvalue weighted by Crippen LogP contribution is -2.06. The Kier molecular flexibility index (Phi) is 5.47. The number of hydrogen-bond acceptors (Lipinski definition) is 2. The lowest BCUT2D eigenvalue weighted by Gasteiger charge is -2.07. The maximum absolute atomic E-state index is 11.7. The van der Waals surface area contributed by atoms with Gasteiger partial charge in [0.25, 0.3) is 0 Å². The highest BCUT2D eigenvalue weighted by molar-refractivity contribution is 6.16. The van der Waals surface area contributed by atoms with Gasteiger partial charge in [-0.2, -0.15) is 0 Å². The molecule has 2 nitrogen and oxygen atoms in total. The standard InChI is InChI=1S/C15H20O2/c1-4-7-12-8-10-13(11-9-12)14(5-2)15(16)17-6-3/h5,8-11H,4,6-7H2,1-3H3. The van der Waals surface area contributed by atoms with Crippen molar-refractivity contribution in [1.82, 2.24) is 0 Å². The van der Waals surface area contributed by atoms with E-state index in [1.165, 1.54) is 5.56 Å². The van der Waals surface area contributed by atoms with Gasteiger partial charge in [-0.25, -0.2) is 4.79 Å². The Morgan fingerprint density at radius 1 is 1.24 bits per heavy atom. The van der Waals surface area contributed by atoms with Crippen LogP contribution in [0.2, 0.25) is 0 Å². The lowest BCUT2D eigenvalue weighted by molar-refractivity contribution is -0.136. The summed E-state index contributed by atoms with van der Waals surface area (Å²) in [6.45, 7) is 6.23. The van der Waals surface area contributed by atoms with Crippen LogP contribution in [0.25, 0.3) is 5.57 Å². The Labute approximate surface area is 103 Å². The zero-order valence-corrected chi connectivity index (χ0v) is 10.8. The molecule has 0 saturated carbocycles. The fourth-order valence-corrected chi connectivity index (χ4v) is 1.75. The second-order valence-corrected chi connectivity index (χ2v) is 3.87. The van der Waals surface area contributed by atoms with Crippen LogP contribution in [0.15, 0.2) is 30.3 Å². The molecule has 0 heterocycles. The first-order valence-electron chi connectivity index (χ1n) is 6.15. The third-order valence-electron chi connectivity index (χ3n) is 2.59. The van der Waals surface area contributed by atoms with Crippen LogP contribution >= 0.6 is 0 Å². The van der Waals surface area contributed by atoms with Crippen LogP contribution in [-0.4, -0.2) is 12.6 Å². The molecule has 1 aromatic rings. The molecule has 92 valence electrons. The number of allylic oxidation sites excluding steroid dienone is 1. The number of aryl methyl sites for hydroxylation is 1. The lowest BCUT2D eigenvalue weighted by atomic mass is 10.0. The van der Waals surface area contributed by atoms with Gasteiger partial charge in [-0.05, 0) is 31.4 Å². The molecule has 0 spiro atoms. The molecule has 0 amide bonds. The minimum Gasteiger partial charge on any atom is -0.462 e. The quantitative estimate of drug-likeness (QED) is 0.572. The van der Waals surface area contributed by atoms with Crippen molar-refractivity contribution in [1.29, 1.82) is 0 Å². The number of rotatable bonds is 5. The second kappa shape index (κ2) is 6.89. The summed E-state index contributed by atoms with van der Waals surface area (Å²) in [6.07, 6.45) is 4.01. The molecule has 0 aliphatic carbocycles. The smallest absolute Gasteiger partial charge is 0.338 e. The van der Waals surface area contributed by atoms with E-state index >= 15 is 0 Å². The van der Waals surface area contributed by atoms with Crippen LogP contribution in [0.4, 0.5) is 0 Å². The van der Waals surface area contributed by atoms with E-state index in [0.717, 1.165) is 18.4 Å². The number of esters is 1. The van der Waals surface area contributed by atoms with Crippen LogP contribution in [0.5, 0.6) is 0 Å². The number of ether oxygens (including phenoxy) is 1. The Hall–Kier alpha value is -1.57. The van der Waals surface area contributed by atoms with E-state index in [0.29, 0.717) is 12.2 Å². The highest BCUT2D eigenvalue weighted by Crippen LogP contribution is 2.17. The number of carbonyl (C=O) groups is 1. The first-order chi connectivity index (χ1) is 8.22. The zero-order valence-electron chi connectivity index (χ0n) is 10.8. The fraction of sp³-hybridized carbons (Fsp3) is 0.400. The van der Waals surface area contributed by atoms with Gasteiger partial charge in [0.05, 0.1) is 12.2 Å². The summed E-state index contributed by atoms with van der Waals surface area (Å²) in [5.41, 5.74) is 2.86. The molecule has 0 atom stereocenters. The van der Waals surface area contributed by atoms with Gasteiger partial charge in [0, 0.05) is 0 Å². The minimum absolute atomic E-state index is 0.252. The van der Waals surface area contributed by atoms with Gasteiger partial charge in [-0.1, -0.05) is 43.7 Å². The molecule has 0 aliphatic heterocycles. The summed E-state index contributed by atoms with van der Waals surface area (Å²) in [6, 6.07) is 8.11. The first kappa shape index (κ1) is 13.5. The van der Waals surface area contributed by atoms with E-state index < -0.39 is 0 Å². The molecule has 0 fully saturated rings. The second-order valence-electron chi connectivity index (χ2n) is 3.87. The van der Waals surface area contributed by atoms with E-state index in [1.807, 2.05) is 26.0 Å². The fourth-order valence-electron chi connectivity index (χ4n) is 1.75. The molecule has 0 N–H and O–H groups in total. The molecule has 0 aliphatic rings. The molecule has 1 aromatic carbocycles. The van der Waals surface area contributed by atoms with Gasteiger partial charge in [-0.3, -0.25) is 0 Å². The van der Waals surface area contributed by atoms with Crippen molar-refractivity contribution in [3.05, 3.63) is 41.5 Å². The highest BCUT2D eigenvalue weighted by Gasteiger charge is 2.11. The van der Waals surface area contributed by atoms with Crippen LogP contribution in [0, 0.1) is 0 Å². The van der Waals surface area contributed by atoms with Crippen molar-refractivity contribution in [2.24, 2.45) is 0 Å². The van der Waals surface area contributed by atoms with Gasteiger partial charge in [0.1, 0.15) is 0 Å². The van der Waals surface area contributed by atoms with Crippen molar-refractivity contribution >= 4 is 11.5 Å². The van der Waals surface area contributed by atoms with Crippen LogP contribution in [0.3, 0.4) is 0 Å². The third-order valence-corrected chi connectivity index (χ3v) is 2.59. The third kappa shape index (κ3) is 3.74. The maximum atomic E-state index is 11.7. The van der Waals surface area contributed by atoms with Crippen LogP contribution in [-0.2, 0) is 16.0 Å². The van der Waals surface area contributed by atoms with Gasteiger partial charge >= 0.3 is 5.97 Å². The minimum atomic E-state index is -0.252. The summed E-state index contributed by atoms with van der Waals surface area (Å²) < 4.78 is 5.02. The molecule has 0 bridgehead atoms. The molecular weight excluding hydrogens is 212 g/mol. The van der Waals surface area contributed by atoms with Gasteiger partial charge in [0.2, 0.25) is 0 Å². The van der Waals surface area contributed by atoms with Crippen LogP contribution in [0.1, 0.15) is 38.3 Å². The Morgan fingerprint density at radius 3 is 2.35 bits per heavy atom. The predicted molar refractivity (Wildman–Crippen MR) is 70.7 cm³/mol. The Morgan fingerprint density at radius 2 is 1.88 bits per heavy atom. The molecule has 0 radical (unpaired) electrons. The van der Waals surface area contributed by atoms with Crippen molar-refractivity contribution in [2.45, 2.75) is 33.6 Å². The number of benzene rings is 1. The Balaban J connectivity index is 2.87. The first-order valence-corrected chi connectivity index (χ1v) is 6.15. The van der Waals surface area contributed by atoms with Crippen molar-refractivity contribution in [3.8, 4) is 0 Å². The monoisotopic (exact) mass is 232 g/mol. The highest BCUT2D eigenvalue weighted by atomic mass is 16.5. The largest absolute Gasteiger partial charge is 0.462 e. The summed E-state index contributed by atoms with van der Waals surface area (Å²) in [7, 11) is 0. The average molecular weight is 232 g/mol. The van der Waals surface area contributed by atoms with E-state index in [1.54, 1.807) is 6.08 Å². The Bertz CT molecular complexity index is 388.